The van der Waals surface area contributed by atoms with Crippen LogP contribution in [0.5, 0.6) is 0 Å². The summed E-state index contributed by atoms with van der Waals surface area (Å²) < 4.78 is 32.0. The van der Waals surface area contributed by atoms with E-state index < -0.39 is 11.6 Å². The third-order valence-corrected chi connectivity index (χ3v) is 2.97. The average molecular weight is 291 g/mol. The Balaban J connectivity index is 2.29. The van der Waals surface area contributed by atoms with Gasteiger partial charge in [-0.15, -0.1) is 0 Å². The zero-order valence-electron chi connectivity index (χ0n) is 12.1. The number of halogens is 2. The Morgan fingerprint density at radius 2 is 1.29 bits per heavy atom. The van der Waals surface area contributed by atoms with Crippen molar-refractivity contribution >= 4 is 0 Å². The third kappa shape index (κ3) is 4.62. The Labute approximate surface area is 123 Å². The van der Waals surface area contributed by atoms with E-state index in [1.54, 1.807) is 24.3 Å². The van der Waals surface area contributed by atoms with Gasteiger partial charge in [0.2, 0.25) is 0 Å². The van der Waals surface area contributed by atoms with E-state index in [0.717, 1.165) is 11.1 Å². The third-order valence-electron chi connectivity index (χ3n) is 2.97. The van der Waals surface area contributed by atoms with E-state index in [2.05, 4.69) is 0 Å². The molecule has 2 nitrogen and oxygen atoms in total. The van der Waals surface area contributed by atoms with Gasteiger partial charge >= 0.3 is 0 Å². The monoisotopic (exact) mass is 291 g/mol. The Bertz CT molecular complexity index is 528. The van der Waals surface area contributed by atoms with Crippen molar-refractivity contribution in [2.45, 2.75) is 25.5 Å². The largest absolute Gasteiger partial charge is 0.367 e. The first-order valence-corrected chi connectivity index (χ1v) is 6.76. The molecule has 0 atom stereocenters. The fourth-order valence-electron chi connectivity index (χ4n) is 1.96. The fourth-order valence-corrected chi connectivity index (χ4v) is 1.96. The summed E-state index contributed by atoms with van der Waals surface area (Å²) in [6.07, 6.45) is -0.408. The van der Waals surface area contributed by atoms with Gasteiger partial charge < -0.3 is 10.5 Å². The van der Waals surface area contributed by atoms with E-state index in [-0.39, 0.29) is 11.6 Å². The topological polar surface area (TPSA) is 35.2 Å². The Kier molecular flexibility index (Phi) is 4.70. The molecule has 0 fully saturated rings. The van der Waals surface area contributed by atoms with Crippen LogP contribution < -0.4 is 5.73 Å². The highest BCUT2D eigenvalue weighted by Crippen LogP contribution is 2.27. The summed E-state index contributed by atoms with van der Waals surface area (Å²) in [4.78, 5) is 0. The van der Waals surface area contributed by atoms with Crippen LogP contribution in [0.25, 0.3) is 0 Å². The highest BCUT2D eigenvalue weighted by molar-refractivity contribution is 5.30. The molecule has 0 heterocycles. The molecule has 2 N–H and O–H groups in total. The molecule has 0 aliphatic carbocycles. The van der Waals surface area contributed by atoms with Gasteiger partial charge in [0.05, 0.1) is 6.61 Å². The number of nitrogens with two attached hydrogens (primary N) is 1. The number of hydrogen-bond donors (Lipinski definition) is 1. The van der Waals surface area contributed by atoms with Crippen LogP contribution in [0.15, 0.2) is 48.5 Å². The molecule has 4 heteroatoms. The quantitative estimate of drug-likeness (QED) is 0.909. The van der Waals surface area contributed by atoms with Crippen molar-refractivity contribution in [1.29, 1.82) is 0 Å². The minimum Gasteiger partial charge on any atom is -0.367 e. The molecule has 21 heavy (non-hydrogen) atoms. The molecule has 0 spiro atoms. The highest BCUT2D eigenvalue weighted by Gasteiger charge is 2.19. The second-order valence-corrected chi connectivity index (χ2v) is 5.78. The molecule has 0 amide bonds. The normalized spacial score (nSPS) is 11.9. The highest BCUT2D eigenvalue weighted by atomic mass is 19.1. The lowest BCUT2D eigenvalue weighted by molar-refractivity contribution is 0.0503. The van der Waals surface area contributed by atoms with Crippen molar-refractivity contribution in [3.05, 3.63) is 71.3 Å². The Morgan fingerprint density at radius 1 is 0.905 bits per heavy atom. The summed E-state index contributed by atoms with van der Waals surface area (Å²) in [7, 11) is 0. The first kappa shape index (κ1) is 15.6. The van der Waals surface area contributed by atoms with Crippen LogP contribution in [-0.4, -0.2) is 12.1 Å². The van der Waals surface area contributed by atoms with Crippen molar-refractivity contribution in [2.24, 2.45) is 5.73 Å². The molecule has 2 aromatic rings. The summed E-state index contributed by atoms with van der Waals surface area (Å²) >= 11 is 0. The summed E-state index contributed by atoms with van der Waals surface area (Å²) in [5.41, 5.74) is 7.05. The van der Waals surface area contributed by atoms with Gasteiger partial charge in [-0.3, -0.25) is 0 Å². The molecular weight excluding hydrogens is 272 g/mol. The van der Waals surface area contributed by atoms with Crippen molar-refractivity contribution in [2.75, 3.05) is 6.61 Å². The minimum absolute atomic E-state index is 0.309. The summed E-state index contributed by atoms with van der Waals surface area (Å²) in [5, 5.41) is 0. The van der Waals surface area contributed by atoms with E-state index >= 15 is 0 Å². The van der Waals surface area contributed by atoms with E-state index in [1.807, 2.05) is 13.8 Å². The Hall–Kier alpha value is -1.78. The summed E-state index contributed by atoms with van der Waals surface area (Å²) in [5.74, 6) is -0.619. The predicted octanol–water partition coefficient (Wildman–Crippen LogP) is 3.81. The molecule has 0 aliphatic rings. The van der Waals surface area contributed by atoms with E-state index in [0.29, 0.717) is 6.61 Å². The number of ether oxygens (including phenoxy) is 1. The van der Waals surface area contributed by atoms with Crippen LogP contribution in [-0.2, 0) is 4.74 Å². The summed E-state index contributed by atoms with van der Waals surface area (Å²) in [6.45, 7) is 4.05. The number of hydrogen-bond acceptors (Lipinski definition) is 2. The van der Waals surface area contributed by atoms with Gasteiger partial charge in [0.1, 0.15) is 17.7 Å². The van der Waals surface area contributed by atoms with Crippen LogP contribution in [0.1, 0.15) is 31.1 Å². The molecule has 0 aromatic heterocycles. The van der Waals surface area contributed by atoms with Gasteiger partial charge in [-0.05, 0) is 49.2 Å². The maximum absolute atomic E-state index is 13.1. The van der Waals surface area contributed by atoms with Crippen LogP contribution in [0, 0.1) is 11.6 Å². The second-order valence-electron chi connectivity index (χ2n) is 5.78. The van der Waals surface area contributed by atoms with Gasteiger partial charge in [-0.25, -0.2) is 8.78 Å². The van der Waals surface area contributed by atoms with E-state index in [9.17, 15) is 8.78 Å². The molecule has 2 rings (SSSR count). The van der Waals surface area contributed by atoms with Gasteiger partial charge in [0.15, 0.2) is 0 Å². The van der Waals surface area contributed by atoms with Gasteiger partial charge in [-0.1, -0.05) is 24.3 Å². The zero-order chi connectivity index (χ0) is 15.5. The second kappa shape index (κ2) is 6.33. The average Bonchev–Trinajstić information content (AvgIpc) is 2.41. The molecule has 0 saturated carbocycles. The van der Waals surface area contributed by atoms with Crippen LogP contribution in [0.2, 0.25) is 0 Å². The molecule has 0 radical (unpaired) electrons. The molecule has 0 unspecified atom stereocenters. The van der Waals surface area contributed by atoms with E-state index in [1.165, 1.54) is 24.3 Å². The molecule has 112 valence electrons. The maximum atomic E-state index is 13.1. The number of rotatable bonds is 5. The predicted molar refractivity (Wildman–Crippen MR) is 78.9 cm³/mol. The van der Waals surface area contributed by atoms with Crippen molar-refractivity contribution in [1.82, 2.24) is 0 Å². The minimum atomic E-state index is -0.488. The van der Waals surface area contributed by atoms with Crippen LogP contribution >= 0.6 is 0 Å². The van der Waals surface area contributed by atoms with Crippen molar-refractivity contribution < 1.29 is 13.5 Å². The smallest absolute Gasteiger partial charge is 0.123 e. The van der Waals surface area contributed by atoms with Crippen molar-refractivity contribution in [3.8, 4) is 0 Å². The van der Waals surface area contributed by atoms with Crippen molar-refractivity contribution in [3.63, 3.8) is 0 Å². The maximum Gasteiger partial charge on any atom is 0.123 e. The molecule has 2 aromatic carbocycles. The molecule has 0 aliphatic heterocycles. The SMILES string of the molecule is CC(C)(N)COC(c1ccc(F)cc1)c1ccc(F)cc1. The summed E-state index contributed by atoms with van der Waals surface area (Å²) in [6, 6.07) is 12.1. The first-order valence-electron chi connectivity index (χ1n) is 6.76. The lowest BCUT2D eigenvalue weighted by Gasteiger charge is -2.25. The first-order chi connectivity index (χ1) is 9.85. The number of benzene rings is 2. The molecule has 0 bridgehead atoms. The van der Waals surface area contributed by atoms with Crippen LogP contribution in [0.3, 0.4) is 0 Å². The molecular formula is C17H19F2NO. The Morgan fingerprint density at radius 3 is 1.62 bits per heavy atom. The van der Waals surface area contributed by atoms with Crippen LogP contribution in [0.4, 0.5) is 8.78 Å². The van der Waals surface area contributed by atoms with Gasteiger partial charge in [0.25, 0.3) is 0 Å². The lowest BCUT2D eigenvalue weighted by atomic mass is 10.0. The van der Waals surface area contributed by atoms with Gasteiger partial charge in [-0.2, -0.15) is 0 Å². The fraction of sp³-hybridized carbons (Fsp3) is 0.294. The molecule has 0 saturated heterocycles. The lowest BCUT2D eigenvalue weighted by Crippen LogP contribution is -2.38. The van der Waals surface area contributed by atoms with Gasteiger partial charge in [0, 0.05) is 5.54 Å². The standard InChI is InChI=1S/C17H19F2NO/c1-17(2,20)11-21-16(12-3-7-14(18)8-4-12)13-5-9-15(19)10-6-13/h3-10,16H,11,20H2,1-2H3. The van der Waals surface area contributed by atoms with E-state index in [4.69, 9.17) is 10.5 Å². The zero-order valence-corrected chi connectivity index (χ0v) is 12.1.